The number of piperidine rings is 1. The summed E-state index contributed by atoms with van der Waals surface area (Å²) < 4.78 is 0. The Kier molecular flexibility index (Phi) is 6.01. The van der Waals surface area contributed by atoms with Crippen molar-refractivity contribution in [3.63, 3.8) is 0 Å². The second-order valence-electron chi connectivity index (χ2n) is 6.94. The summed E-state index contributed by atoms with van der Waals surface area (Å²) in [6, 6.07) is 16.6. The number of anilines is 1. The molecule has 1 fully saturated rings. The molecule has 0 unspecified atom stereocenters. The number of nitrogens with zero attached hydrogens (tertiary/aromatic N) is 1. The lowest BCUT2D eigenvalue weighted by atomic mass is 9.95. The summed E-state index contributed by atoms with van der Waals surface area (Å²) in [5.41, 5.74) is 2.32. The van der Waals surface area contributed by atoms with Gasteiger partial charge >= 0.3 is 0 Å². The minimum atomic E-state index is -0.0988. The van der Waals surface area contributed by atoms with Gasteiger partial charge in [-0.25, -0.2) is 0 Å². The summed E-state index contributed by atoms with van der Waals surface area (Å²) in [6.45, 7) is 2.72. The van der Waals surface area contributed by atoms with Gasteiger partial charge in [-0.1, -0.05) is 30.3 Å². The fraction of sp³-hybridized carbons (Fsp3) is 0.318. The average molecular weight is 364 g/mol. The molecule has 1 heterocycles. The van der Waals surface area contributed by atoms with Crippen LogP contribution in [0.15, 0.2) is 54.6 Å². The van der Waals surface area contributed by atoms with Crippen LogP contribution in [0.25, 0.3) is 0 Å². The fourth-order valence-electron chi connectivity index (χ4n) is 3.31. The number of amides is 2. The molecular weight excluding hydrogens is 340 g/mol. The zero-order valence-corrected chi connectivity index (χ0v) is 15.5. The number of carbonyl (C=O) groups excluding carboxylic acids is 3. The summed E-state index contributed by atoms with van der Waals surface area (Å²) >= 11 is 0. The van der Waals surface area contributed by atoms with Crippen molar-refractivity contribution < 1.29 is 14.4 Å². The Morgan fingerprint density at radius 2 is 1.59 bits per heavy atom. The van der Waals surface area contributed by atoms with Crippen LogP contribution in [0, 0.1) is 5.92 Å². The van der Waals surface area contributed by atoms with Crippen LogP contribution < -0.4 is 5.32 Å². The van der Waals surface area contributed by atoms with E-state index in [1.807, 2.05) is 35.2 Å². The van der Waals surface area contributed by atoms with Crippen LogP contribution in [0.5, 0.6) is 0 Å². The minimum Gasteiger partial charge on any atom is -0.342 e. The number of ketones is 1. The average Bonchev–Trinajstić information content (AvgIpc) is 2.69. The van der Waals surface area contributed by atoms with Gasteiger partial charge in [0.1, 0.15) is 0 Å². The second kappa shape index (κ2) is 8.62. The Labute approximate surface area is 159 Å². The van der Waals surface area contributed by atoms with E-state index in [2.05, 4.69) is 5.32 Å². The van der Waals surface area contributed by atoms with Crippen molar-refractivity contribution in [2.45, 2.75) is 26.2 Å². The lowest BCUT2D eigenvalue weighted by Gasteiger charge is -2.31. The highest BCUT2D eigenvalue weighted by Crippen LogP contribution is 2.20. The molecule has 27 heavy (non-hydrogen) atoms. The predicted octanol–water partition coefficient (Wildman–Crippen LogP) is 3.31. The molecule has 1 N–H and O–H groups in total. The van der Waals surface area contributed by atoms with Gasteiger partial charge < -0.3 is 10.2 Å². The number of carbonyl (C=O) groups is 3. The van der Waals surface area contributed by atoms with Gasteiger partial charge in [0.2, 0.25) is 11.8 Å². The summed E-state index contributed by atoms with van der Waals surface area (Å²) in [6.07, 6.45) is 1.73. The standard InChI is InChI=1S/C22H24N2O3/c1-16(25)18-7-9-20(10-8-18)23-22(27)19-11-13-24(14-12-19)21(26)15-17-5-3-2-4-6-17/h2-10,19H,11-15H2,1H3,(H,23,27). The van der Waals surface area contributed by atoms with Crippen molar-refractivity contribution in [3.8, 4) is 0 Å². The summed E-state index contributed by atoms with van der Waals surface area (Å²) in [4.78, 5) is 38.0. The van der Waals surface area contributed by atoms with Gasteiger partial charge in [-0.2, -0.15) is 0 Å². The summed E-state index contributed by atoms with van der Waals surface area (Å²) in [5, 5.41) is 2.91. The number of hydrogen-bond acceptors (Lipinski definition) is 3. The van der Waals surface area contributed by atoms with Crippen molar-refractivity contribution in [2.75, 3.05) is 18.4 Å². The van der Waals surface area contributed by atoms with E-state index in [4.69, 9.17) is 0 Å². The van der Waals surface area contributed by atoms with Gasteiger partial charge in [-0.15, -0.1) is 0 Å². The van der Waals surface area contributed by atoms with Crippen LogP contribution in [0.3, 0.4) is 0 Å². The van der Waals surface area contributed by atoms with Gasteiger partial charge in [0.05, 0.1) is 6.42 Å². The molecule has 2 aromatic carbocycles. The largest absolute Gasteiger partial charge is 0.342 e. The monoisotopic (exact) mass is 364 g/mol. The first-order chi connectivity index (χ1) is 13.0. The van der Waals surface area contributed by atoms with Gasteiger partial charge in [-0.3, -0.25) is 14.4 Å². The van der Waals surface area contributed by atoms with E-state index in [0.717, 1.165) is 5.56 Å². The van der Waals surface area contributed by atoms with E-state index < -0.39 is 0 Å². The van der Waals surface area contributed by atoms with E-state index in [9.17, 15) is 14.4 Å². The molecule has 0 aromatic heterocycles. The molecule has 0 aliphatic carbocycles. The molecule has 2 aromatic rings. The Hall–Kier alpha value is -2.95. The van der Waals surface area contributed by atoms with E-state index in [1.165, 1.54) is 6.92 Å². The third kappa shape index (κ3) is 5.03. The number of hydrogen-bond donors (Lipinski definition) is 1. The van der Waals surface area contributed by atoms with Crippen molar-refractivity contribution in [3.05, 3.63) is 65.7 Å². The Balaban J connectivity index is 1.48. The predicted molar refractivity (Wildman–Crippen MR) is 105 cm³/mol. The SMILES string of the molecule is CC(=O)c1ccc(NC(=O)C2CCN(C(=O)Cc3ccccc3)CC2)cc1. The van der Waals surface area contributed by atoms with Crippen molar-refractivity contribution >= 4 is 23.3 Å². The van der Waals surface area contributed by atoms with Crippen LogP contribution in [0.4, 0.5) is 5.69 Å². The Bertz CT molecular complexity index is 807. The third-order valence-electron chi connectivity index (χ3n) is 4.98. The van der Waals surface area contributed by atoms with Crippen LogP contribution in [0.2, 0.25) is 0 Å². The first-order valence-corrected chi connectivity index (χ1v) is 9.26. The van der Waals surface area contributed by atoms with Gasteiger partial charge in [0.15, 0.2) is 5.78 Å². The first kappa shape index (κ1) is 18.8. The van der Waals surface area contributed by atoms with Gasteiger partial charge in [0.25, 0.3) is 0 Å². The van der Waals surface area contributed by atoms with E-state index in [1.54, 1.807) is 24.3 Å². The van der Waals surface area contributed by atoms with E-state index >= 15 is 0 Å². The smallest absolute Gasteiger partial charge is 0.227 e. The molecule has 3 rings (SSSR count). The van der Waals surface area contributed by atoms with Crippen molar-refractivity contribution in [1.82, 2.24) is 4.90 Å². The molecule has 1 saturated heterocycles. The summed E-state index contributed by atoms with van der Waals surface area (Å²) in [5.74, 6) is -0.0145. The molecule has 140 valence electrons. The highest BCUT2D eigenvalue weighted by molar-refractivity contribution is 5.96. The molecule has 0 radical (unpaired) electrons. The Morgan fingerprint density at radius 3 is 2.19 bits per heavy atom. The molecule has 0 saturated carbocycles. The molecule has 1 aliphatic heterocycles. The maximum atomic E-state index is 12.5. The molecule has 0 bridgehead atoms. The quantitative estimate of drug-likeness (QED) is 0.828. The zero-order chi connectivity index (χ0) is 19.2. The highest BCUT2D eigenvalue weighted by Gasteiger charge is 2.27. The van der Waals surface area contributed by atoms with Gasteiger partial charge in [0, 0.05) is 30.3 Å². The number of benzene rings is 2. The third-order valence-corrected chi connectivity index (χ3v) is 4.98. The lowest BCUT2D eigenvalue weighted by Crippen LogP contribution is -2.42. The summed E-state index contributed by atoms with van der Waals surface area (Å²) in [7, 11) is 0. The number of likely N-dealkylation sites (tertiary alicyclic amines) is 1. The lowest BCUT2D eigenvalue weighted by molar-refractivity contribution is -0.133. The minimum absolute atomic E-state index is 0.000387. The topological polar surface area (TPSA) is 66.5 Å². The molecule has 1 aliphatic rings. The maximum Gasteiger partial charge on any atom is 0.227 e. The molecule has 2 amide bonds. The molecule has 0 atom stereocenters. The fourth-order valence-corrected chi connectivity index (χ4v) is 3.31. The van der Waals surface area contributed by atoms with E-state index in [0.29, 0.717) is 43.6 Å². The molecule has 5 nitrogen and oxygen atoms in total. The maximum absolute atomic E-state index is 12.5. The van der Waals surface area contributed by atoms with Crippen molar-refractivity contribution in [1.29, 1.82) is 0 Å². The van der Waals surface area contributed by atoms with Crippen LogP contribution in [-0.2, 0) is 16.0 Å². The highest BCUT2D eigenvalue weighted by atomic mass is 16.2. The first-order valence-electron chi connectivity index (χ1n) is 9.26. The molecule has 0 spiro atoms. The van der Waals surface area contributed by atoms with Crippen LogP contribution >= 0.6 is 0 Å². The zero-order valence-electron chi connectivity index (χ0n) is 15.5. The van der Waals surface area contributed by atoms with Gasteiger partial charge in [-0.05, 0) is 49.6 Å². The molecule has 5 heteroatoms. The normalized spacial score (nSPS) is 14.6. The van der Waals surface area contributed by atoms with Crippen LogP contribution in [0.1, 0.15) is 35.7 Å². The number of rotatable bonds is 5. The van der Waals surface area contributed by atoms with Crippen molar-refractivity contribution in [2.24, 2.45) is 5.92 Å². The molecular formula is C22H24N2O3. The number of Topliss-reactive ketones (excluding diaryl/α,β-unsaturated/α-hetero) is 1. The van der Waals surface area contributed by atoms with E-state index in [-0.39, 0.29) is 23.5 Å². The number of nitrogens with one attached hydrogen (secondary N) is 1. The second-order valence-corrected chi connectivity index (χ2v) is 6.94. The Morgan fingerprint density at radius 1 is 0.963 bits per heavy atom. The van der Waals surface area contributed by atoms with Crippen LogP contribution in [-0.4, -0.2) is 35.6 Å².